The third-order valence-electron chi connectivity index (χ3n) is 3.19. The van der Waals surface area contributed by atoms with Crippen LogP contribution in [0.2, 0.25) is 0 Å². The van der Waals surface area contributed by atoms with Gasteiger partial charge in [-0.3, -0.25) is 0 Å². The van der Waals surface area contributed by atoms with Crippen molar-refractivity contribution in [2.75, 3.05) is 7.11 Å². The zero-order chi connectivity index (χ0) is 10.8. The van der Waals surface area contributed by atoms with E-state index in [1.54, 1.807) is 7.11 Å². The first-order chi connectivity index (χ1) is 7.26. The summed E-state index contributed by atoms with van der Waals surface area (Å²) in [4.78, 5) is 0. The SMILES string of the molecule is C=C1CCCc2cc(OC)c(CC)cc21. The van der Waals surface area contributed by atoms with Crippen molar-refractivity contribution in [2.45, 2.75) is 32.6 Å². The molecule has 0 N–H and O–H groups in total. The van der Waals surface area contributed by atoms with Crippen molar-refractivity contribution in [3.05, 3.63) is 35.4 Å². The number of hydrogen-bond donors (Lipinski definition) is 0. The third-order valence-corrected chi connectivity index (χ3v) is 3.19. The molecule has 0 fully saturated rings. The molecule has 1 aromatic rings. The van der Waals surface area contributed by atoms with Crippen LogP contribution in [0.25, 0.3) is 5.57 Å². The molecule has 80 valence electrons. The normalized spacial score (nSPS) is 14.9. The zero-order valence-electron chi connectivity index (χ0n) is 9.60. The molecule has 0 unspecified atom stereocenters. The average molecular weight is 202 g/mol. The Morgan fingerprint density at radius 2 is 2.13 bits per heavy atom. The van der Waals surface area contributed by atoms with Crippen molar-refractivity contribution in [1.82, 2.24) is 0 Å². The van der Waals surface area contributed by atoms with Gasteiger partial charge in [-0.25, -0.2) is 0 Å². The van der Waals surface area contributed by atoms with E-state index >= 15 is 0 Å². The van der Waals surface area contributed by atoms with Crippen LogP contribution in [0.15, 0.2) is 18.7 Å². The molecule has 15 heavy (non-hydrogen) atoms. The molecule has 1 nitrogen and oxygen atoms in total. The molecule has 0 bridgehead atoms. The summed E-state index contributed by atoms with van der Waals surface area (Å²) in [5, 5.41) is 0. The second-order valence-electron chi connectivity index (χ2n) is 4.13. The highest BCUT2D eigenvalue weighted by molar-refractivity contribution is 5.70. The van der Waals surface area contributed by atoms with Crippen molar-refractivity contribution in [1.29, 1.82) is 0 Å². The Hall–Kier alpha value is -1.24. The quantitative estimate of drug-likeness (QED) is 0.712. The highest BCUT2D eigenvalue weighted by Crippen LogP contribution is 2.34. The second kappa shape index (κ2) is 4.09. The fourth-order valence-electron chi connectivity index (χ4n) is 2.30. The van der Waals surface area contributed by atoms with Gasteiger partial charge < -0.3 is 4.74 Å². The summed E-state index contributed by atoms with van der Waals surface area (Å²) in [5.74, 6) is 1.03. The van der Waals surface area contributed by atoms with E-state index in [2.05, 4.69) is 25.6 Å². The van der Waals surface area contributed by atoms with Crippen LogP contribution in [0.5, 0.6) is 5.75 Å². The number of benzene rings is 1. The molecule has 0 atom stereocenters. The topological polar surface area (TPSA) is 9.23 Å². The summed E-state index contributed by atoms with van der Waals surface area (Å²) in [6, 6.07) is 4.45. The lowest BCUT2D eigenvalue weighted by atomic mass is 9.86. The standard InChI is InChI=1S/C14H18O/c1-4-11-8-13-10(2)6-5-7-12(13)9-14(11)15-3/h8-9H,2,4-7H2,1,3H3. The molecule has 0 aliphatic heterocycles. The van der Waals surface area contributed by atoms with E-state index in [9.17, 15) is 0 Å². The van der Waals surface area contributed by atoms with E-state index in [4.69, 9.17) is 4.74 Å². The Kier molecular flexibility index (Phi) is 2.81. The Morgan fingerprint density at radius 3 is 2.80 bits per heavy atom. The van der Waals surface area contributed by atoms with Crippen molar-refractivity contribution < 1.29 is 4.74 Å². The van der Waals surface area contributed by atoms with Crippen LogP contribution in [-0.4, -0.2) is 7.11 Å². The molecule has 1 aliphatic carbocycles. The number of ether oxygens (including phenoxy) is 1. The fraction of sp³-hybridized carbons (Fsp3) is 0.429. The van der Waals surface area contributed by atoms with E-state index in [1.165, 1.54) is 28.7 Å². The maximum atomic E-state index is 5.41. The van der Waals surface area contributed by atoms with Gasteiger partial charge in [0, 0.05) is 0 Å². The van der Waals surface area contributed by atoms with Crippen LogP contribution >= 0.6 is 0 Å². The highest BCUT2D eigenvalue weighted by Gasteiger charge is 2.15. The van der Waals surface area contributed by atoms with Gasteiger partial charge in [-0.05, 0) is 60.1 Å². The summed E-state index contributed by atoms with van der Waals surface area (Å²) in [6.07, 6.45) is 4.54. The van der Waals surface area contributed by atoms with E-state index in [0.29, 0.717) is 0 Å². The molecule has 0 amide bonds. The molecular weight excluding hydrogens is 184 g/mol. The molecule has 0 spiro atoms. The maximum Gasteiger partial charge on any atom is 0.122 e. The molecule has 1 aromatic carbocycles. The smallest absolute Gasteiger partial charge is 0.122 e. The maximum absolute atomic E-state index is 5.41. The van der Waals surface area contributed by atoms with E-state index < -0.39 is 0 Å². The summed E-state index contributed by atoms with van der Waals surface area (Å²) in [7, 11) is 1.75. The van der Waals surface area contributed by atoms with Gasteiger partial charge in [0.2, 0.25) is 0 Å². The van der Waals surface area contributed by atoms with Crippen LogP contribution in [0, 0.1) is 0 Å². The minimum absolute atomic E-state index is 1.02. The lowest BCUT2D eigenvalue weighted by Crippen LogP contribution is -2.03. The second-order valence-corrected chi connectivity index (χ2v) is 4.13. The monoisotopic (exact) mass is 202 g/mol. The first-order valence-electron chi connectivity index (χ1n) is 5.64. The zero-order valence-corrected chi connectivity index (χ0v) is 9.60. The summed E-state index contributed by atoms with van der Waals surface area (Å²) < 4.78 is 5.41. The fourth-order valence-corrected chi connectivity index (χ4v) is 2.30. The largest absolute Gasteiger partial charge is 0.496 e. The third kappa shape index (κ3) is 1.79. The van der Waals surface area contributed by atoms with Crippen molar-refractivity contribution in [2.24, 2.45) is 0 Å². The minimum Gasteiger partial charge on any atom is -0.496 e. The molecule has 0 aromatic heterocycles. The van der Waals surface area contributed by atoms with Crippen molar-refractivity contribution >= 4 is 5.57 Å². The van der Waals surface area contributed by atoms with E-state index in [1.807, 2.05) is 0 Å². The van der Waals surface area contributed by atoms with Crippen LogP contribution in [-0.2, 0) is 12.8 Å². The van der Waals surface area contributed by atoms with Crippen molar-refractivity contribution in [3.8, 4) is 5.75 Å². The van der Waals surface area contributed by atoms with Gasteiger partial charge in [-0.1, -0.05) is 13.5 Å². The number of rotatable bonds is 2. The van der Waals surface area contributed by atoms with Crippen molar-refractivity contribution in [3.63, 3.8) is 0 Å². The van der Waals surface area contributed by atoms with Gasteiger partial charge in [-0.2, -0.15) is 0 Å². The summed E-state index contributed by atoms with van der Waals surface area (Å²) in [6.45, 7) is 6.31. The first kappa shape index (κ1) is 10.3. The highest BCUT2D eigenvalue weighted by atomic mass is 16.5. The Morgan fingerprint density at radius 1 is 1.33 bits per heavy atom. The number of aryl methyl sites for hydroxylation is 2. The Bertz CT molecular complexity index is 391. The van der Waals surface area contributed by atoms with Crippen LogP contribution in [0.1, 0.15) is 36.5 Å². The molecule has 0 radical (unpaired) electrons. The van der Waals surface area contributed by atoms with E-state index in [-0.39, 0.29) is 0 Å². The number of hydrogen-bond acceptors (Lipinski definition) is 1. The predicted octanol–water partition coefficient (Wildman–Crippen LogP) is 3.61. The molecular formula is C14H18O. The molecule has 2 rings (SSSR count). The molecule has 0 saturated heterocycles. The van der Waals surface area contributed by atoms with Gasteiger partial charge in [0.05, 0.1) is 7.11 Å². The van der Waals surface area contributed by atoms with Gasteiger partial charge in [0.1, 0.15) is 5.75 Å². The van der Waals surface area contributed by atoms with Gasteiger partial charge in [0.25, 0.3) is 0 Å². The lowest BCUT2D eigenvalue weighted by Gasteiger charge is -2.20. The Balaban J connectivity index is 2.53. The number of allylic oxidation sites excluding steroid dienone is 1. The lowest BCUT2D eigenvalue weighted by molar-refractivity contribution is 0.409. The predicted molar refractivity (Wildman–Crippen MR) is 64.3 cm³/mol. The number of methoxy groups -OCH3 is 1. The molecule has 0 heterocycles. The van der Waals surface area contributed by atoms with Crippen LogP contribution in [0.4, 0.5) is 0 Å². The van der Waals surface area contributed by atoms with E-state index in [0.717, 1.165) is 25.0 Å². The van der Waals surface area contributed by atoms with Gasteiger partial charge >= 0.3 is 0 Å². The summed E-state index contributed by atoms with van der Waals surface area (Å²) in [5.41, 5.74) is 5.34. The van der Waals surface area contributed by atoms with Crippen LogP contribution in [0.3, 0.4) is 0 Å². The molecule has 1 aliphatic rings. The average Bonchev–Trinajstić information content (AvgIpc) is 2.28. The van der Waals surface area contributed by atoms with Crippen LogP contribution < -0.4 is 4.74 Å². The number of fused-ring (bicyclic) bond motifs is 1. The summed E-state index contributed by atoms with van der Waals surface area (Å²) >= 11 is 0. The molecule has 0 saturated carbocycles. The molecule has 1 heteroatoms. The minimum atomic E-state index is 1.02. The van der Waals surface area contributed by atoms with Gasteiger partial charge in [-0.15, -0.1) is 0 Å². The first-order valence-corrected chi connectivity index (χ1v) is 5.64. The Labute approximate surface area is 91.8 Å². The van der Waals surface area contributed by atoms with Gasteiger partial charge in [0.15, 0.2) is 0 Å².